The Bertz CT molecular complexity index is 1320. The van der Waals surface area contributed by atoms with Crippen molar-refractivity contribution in [3.63, 3.8) is 0 Å². The molecule has 30 heavy (non-hydrogen) atoms. The molecule has 2 amide bonds. The molecule has 1 aliphatic heterocycles. The SMILES string of the molecule is CC(C)(C)OC(=O)N1Cc2[nH]c3c(ccc4cnc(-c5cccnc5)cc43)c2C1=O. The maximum Gasteiger partial charge on any atom is 0.417 e. The lowest BCUT2D eigenvalue weighted by Gasteiger charge is -2.23. The lowest BCUT2D eigenvalue weighted by atomic mass is 10.0. The van der Waals surface area contributed by atoms with Crippen molar-refractivity contribution in [2.24, 2.45) is 0 Å². The second-order valence-electron chi connectivity index (χ2n) is 8.37. The summed E-state index contributed by atoms with van der Waals surface area (Å²) in [6.07, 6.45) is 4.68. The molecule has 0 radical (unpaired) electrons. The number of nitrogens with zero attached hydrogens (tertiary/aromatic N) is 3. The topological polar surface area (TPSA) is 88.2 Å². The van der Waals surface area contributed by atoms with Crippen LogP contribution in [0.25, 0.3) is 32.9 Å². The smallest absolute Gasteiger partial charge is 0.417 e. The van der Waals surface area contributed by atoms with Crippen LogP contribution in [0.3, 0.4) is 0 Å². The highest BCUT2D eigenvalue weighted by Crippen LogP contribution is 2.35. The van der Waals surface area contributed by atoms with Crippen molar-refractivity contribution in [1.29, 1.82) is 0 Å². The van der Waals surface area contributed by atoms with Gasteiger partial charge in [0.25, 0.3) is 5.91 Å². The zero-order valence-electron chi connectivity index (χ0n) is 16.9. The summed E-state index contributed by atoms with van der Waals surface area (Å²) in [5, 5.41) is 2.72. The van der Waals surface area contributed by atoms with Crippen LogP contribution in [0.2, 0.25) is 0 Å². The number of imide groups is 1. The van der Waals surface area contributed by atoms with Crippen molar-refractivity contribution in [3.8, 4) is 11.3 Å². The van der Waals surface area contributed by atoms with Crippen LogP contribution in [0.1, 0.15) is 36.8 Å². The molecule has 0 aliphatic carbocycles. The number of pyridine rings is 2. The van der Waals surface area contributed by atoms with Gasteiger partial charge in [-0.25, -0.2) is 9.69 Å². The third-order valence-corrected chi connectivity index (χ3v) is 5.10. The molecule has 7 nitrogen and oxygen atoms in total. The molecular weight excluding hydrogens is 380 g/mol. The molecule has 0 fully saturated rings. The van der Waals surface area contributed by atoms with E-state index in [1.54, 1.807) is 33.2 Å². The Hall–Kier alpha value is -3.74. The Morgan fingerprint density at radius 1 is 1.17 bits per heavy atom. The Morgan fingerprint density at radius 3 is 2.73 bits per heavy atom. The summed E-state index contributed by atoms with van der Waals surface area (Å²) in [6, 6.07) is 9.66. The van der Waals surface area contributed by atoms with E-state index in [1.165, 1.54) is 0 Å². The van der Waals surface area contributed by atoms with Crippen LogP contribution in [0, 0.1) is 0 Å². The fraction of sp³-hybridized carbons (Fsp3) is 0.217. The van der Waals surface area contributed by atoms with Crippen molar-refractivity contribution in [1.82, 2.24) is 19.9 Å². The predicted molar refractivity (Wildman–Crippen MR) is 113 cm³/mol. The fourth-order valence-corrected chi connectivity index (χ4v) is 3.80. The van der Waals surface area contributed by atoms with Crippen LogP contribution in [-0.2, 0) is 11.3 Å². The van der Waals surface area contributed by atoms with Crippen LogP contribution >= 0.6 is 0 Å². The van der Waals surface area contributed by atoms with Crippen LogP contribution in [0.4, 0.5) is 4.79 Å². The molecule has 150 valence electrons. The number of hydrogen-bond acceptors (Lipinski definition) is 5. The van der Waals surface area contributed by atoms with E-state index in [9.17, 15) is 9.59 Å². The molecule has 7 heteroatoms. The third-order valence-electron chi connectivity index (χ3n) is 5.10. The number of benzene rings is 1. The van der Waals surface area contributed by atoms with Gasteiger partial charge in [0.2, 0.25) is 0 Å². The number of carbonyl (C=O) groups excluding carboxylic acids is 2. The maximum atomic E-state index is 13.0. The zero-order valence-corrected chi connectivity index (χ0v) is 16.9. The van der Waals surface area contributed by atoms with Crippen molar-refractivity contribution >= 4 is 33.7 Å². The molecule has 0 unspecified atom stereocenters. The molecule has 4 aromatic rings. The average molecular weight is 400 g/mol. The van der Waals surface area contributed by atoms with Crippen molar-refractivity contribution in [2.75, 3.05) is 0 Å². The van der Waals surface area contributed by atoms with Gasteiger partial charge in [0, 0.05) is 46.0 Å². The summed E-state index contributed by atoms with van der Waals surface area (Å²) in [7, 11) is 0. The monoisotopic (exact) mass is 400 g/mol. The first-order chi connectivity index (χ1) is 14.3. The number of H-pyrrole nitrogens is 1. The van der Waals surface area contributed by atoms with Gasteiger partial charge in [-0.15, -0.1) is 0 Å². The molecular formula is C23H20N4O3. The number of nitrogens with one attached hydrogen (secondary N) is 1. The maximum absolute atomic E-state index is 13.0. The normalized spacial score (nSPS) is 13.8. The van der Waals surface area contributed by atoms with E-state index < -0.39 is 11.7 Å². The Labute approximate surface area is 172 Å². The highest BCUT2D eigenvalue weighted by Gasteiger charge is 2.37. The van der Waals surface area contributed by atoms with Crippen LogP contribution in [0.15, 0.2) is 48.9 Å². The molecule has 0 saturated carbocycles. The van der Waals surface area contributed by atoms with Gasteiger partial charge < -0.3 is 9.72 Å². The lowest BCUT2D eigenvalue weighted by Crippen LogP contribution is -2.37. The van der Waals surface area contributed by atoms with E-state index in [0.29, 0.717) is 11.3 Å². The van der Waals surface area contributed by atoms with Crippen molar-refractivity contribution in [3.05, 3.63) is 60.2 Å². The van der Waals surface area contributed by atoms with E-state index in [2.05, 4.69) is 15.0 Å². The molecule has 0 atom stereocenters. The van der Waals surface area contributed by atoms with Gasteiger partial charge in [-0.2, -0.15) is 0 Å². The first-order valence-electron chi connectivity index (χ1n) is 9.70. The number of hydrogen-bond donors (Lipinski definition) is 1. The Kier molecular flexibility index (Phi) is 3.89. The molecule has 0 bridgehead atoms. The highest BCUT2D eigenvalue weighted by molar-refractivity contribution is 6.19. The number of aromatic nitrogens is 3. The molecule has 3 aromatic heterocycles. The number of rotatable bonds is 1. The summed E-state index contributed by atoms with van der Waals surface area (Å²) in [4.78, 5) is 38.7. The molecule has 1 aliphatic rings. The number of fused-ring (bicyclic) bond motifs is 5. The number of carbonyl (C=O) groups is 2. The summed E-state index contributed by atoms with van der Waals surface area (Å²) in [5.74, 6) is -0.341. The third kappa shape index (κ3) is 2.90. The first kappa shape index (κ1) is 18.3. The van der Waals surface area contributed by atoms with Crippen LogP contribution in [-0.4, -0.2) is 37.5 Å². The minimum absolute atomic E-state index is 0.166. The number of ether oxygens (including phenoxy) is 1. The minimum atomic E-state index is -0.665. The average Bonchev–Trinajstić information content (AvgIpc) is 3.24. The quantitative estimate of drug-likeness (QED) is 0.502. The van der Waals surface area contributed by atoms with Gasteiger partial charge in [-0.1, -0.05) is 12.1 Å². The van der Waals surface area contributed by atoms with Crippen LogP contribution < -0.4 is 0 Å². The molecule has 0 saturated heterocycles. The molecule has 1 N–H and O–H groups in total. The first-order valence-corrected chi connectivity index (χ1v) is 9.70. The number of amides is 2. The van der Waals surface area contributed by atoms with Gasteiger partial charge in [0.05, 0.1) is 23.3 Å². The van der Waals surface area contributed by atoms with E-state index in [1.807, 2.05) is 36.5 Å². The zero-order chi connectivity index (χ0) is 21.0. The summed E-state index contributed by atoms with van der Waals surface area (Å²) < 4.78 is 5.38. The predicted octanol–water partition coefficient (Wildman–Crippen LogP) is 4.67. The lowest BCUT2D eigenvalue weighted by molar-refractivity contribution is 0.0247. The minimum Gasteiger partial charge on any atom is -0.443 e. The summed E-state index contributed by atoms with van der Waals surface area (Å²) in [6.45, 7) is 5.50. The molecule has 5 rings (SSSR count). The Balaban J connectivity index is 1.59. The van der Waals surface area contributed by atoms with Crippen molar-refractivity contribution < 1.29 is 14.3 Å². The second-order valence-corrected chi connectivity index (χ2v) is 8.37. The molecule has 4 heterocycles. The van der Waals surface area contributed by atoms with E-state index in [-0.39, 0.29) is 12.5 Å². The van der Waals surface area contributed by atoms with Gasteiger partial charge in [-0.05, 0) is 39.0 Å². The van der Waals surface area contributed by atoms with Gasteiger partial charge >= 0.3 is 6.09 Å². The second kappa shape index (κ2) is 6.38. The summed E-state index contributed by atoms with van der Waals surface area (Å²) >= 11 is 0. The standard InChI is InChI=1S/C23H20N4O3/c1-23(2,3)30-22(29)27-12-18-19(21(27)28)15-7-6-13-11-25-17(9-16(13)20(15)26-18)14-5-4-8-24-10-14/h4-11,26H,12H2,1-3H3. The number of aromatic amines is 1. The van der Waals surface area contributed by atoms with Gasteiger partial charge in [0.15, 0.2) is 0 Å². The largest absolute Gasteiger partial charge is 0.443 e. The van der Waals surface area contributed by atoms with Gasteiger partial charge in [-0.3, -0.25) is 14.8 Å². The summed E-state index contributed by atoms with van der Waals surface area (Å²) in [5.41, 5.74) is 3.16. The molecule has 0 spiro atoms. The Morgan fingerprint density at radius 2 is 2.00 bits per heavy atom. The van der Waals surface area contributed by atoms with E-state index in [0.717, 1.165) is 37.8 Å². The van der Waals surface area contributed by atoms with E-state index in [4.69, 9.17) is 4.74 Å². The molecule has 1 aromatic carbocycles. The van der Waals surface area contributed by atoms with Crippen LogP contribution in [0.5, 0.6) is 0 Å². The van der Waals surface area contributed by atoms with Crippen molar-refractivity contribution in [2.45, 2.75) is 32.9 Å². The fourth-order valence-electron chi connectivity index (χ4n) is 3.80. The highest BCUT2D eigenvalue weighted by atomic mass is 16.6. The van der Waals surface area contributed by atoms with E-state index >= 15 is 0 Å². The van der Waals surface area contributed by atoms with Gasteiger partial charge in [0.1, 0.15) is 5.60 Å².